The molecule has 1 fully saturated rings. The van der Waals surface area contributed by atoms with Crippen LogP contribution in [0.3, 0.4) is 0 Å². The molecule has 0 aliphatic carbocycles. The number of hydrogen-bond donors (Lipinski definition) is 0. The fraction of sp³-hybridized carbons (Fsp3) is 0.636. The van der Waals surface area contributed by atoms with Gasteiger partial charge >= 0.3 is 0 Å². The van der Waals surface area contributed by atoms with Gasteiger partial charge in [-0.05, 0) is 13.0 Å². The lowest BCUT2D eigenvalue weighted by atomic mass is 10.0. The number of rotatable bonds is 1. The zero-order valence-corrected chi connectivity index (χ0v) is 12.3. The molecule has 1 saturated heterocycles. The molecular formula is C11H14BIN4O. The van der Waals surface area contributed by atoms with Crippen LogP contribution in [0.4, 0.5) is 5.82 Å². The molecule has 3 heterocycles. The standard InChI is InChI=1S/C11H14BIN4O/c12-17-2-1-8-9(7-17)14-11(13)15-10(8)16-3-5-18-6-4-16/h1-7H2. The van der Waals surface area contributed by atoms with Crippen molar-refractivity contribution in [3.63, 3.8) is 0 Å². The summed E-state index contributed by atoms with van der Waals surface area (Å²) in [6.45, 7) is 4.95. The Bertz CT molecular complexity index is 453. The Morgan fingerprint density at radius 2 is 1.94 bits per heavy atom. The number of nitrogens with zero attached hydrogens (tertiary/aromatic N) is 4. The summed E-state index contributed by atoms with van der Waals surface area (Å²) in [5.74, 6) is 1.08. The van der Waals surface area contributed by atoms with E-state index in [9.17, 15) is 0 Å². The highest BCUT2D eigenvalue weighted by atomic mass is 127. The van der Waals surface area contributed by atoms with E-state index in [1.807, 2.05) is 4.81 Å². The largest absolute Gasteiger partial charge is 0.378 e. The lowest BCUT2D eigenvalue weighted by molar-refractivity contribution is 0.122. The Balaban J connectivity index is 1.97. The Hall–Kier alpha value is -0.405. The topological polar surface area (TPSA) is 41.5 Å². The van der Waals surface area contributed by atoms with Crippen LogP contribution in [-0.4, -0.2) is 55.6 Å². The van der Waals surface area contributed by atoms with Crippen LogP contribution in [0.2, 0.25) is 0 Å². The van der Waals surface area contributed by atoms with Crippen LogP contribution in [0.5, 0.6) is 0 Å². The van der Waals surface area contributed by atoms with E-state index in [0.717, 1.165) is 54.6 Å². The molecule has 0 saturated carbocycles. The van der Waals surface area contributed by atoms with E-state index in [1.54, 1.807) is 0 Å². The summed E-state index contributed by atoms with van der Waals surface area (Å²) in [7, 11) is 5.87. The highest BCUT2D eigenvalue weighted by Gasteiger charge is 2.23. The monoisotopic (exact) mass is 356 g/mol. The van der Waals surface area contributed by atoms with Crippen molar-refractivity contribution in [3.05, 3.63) is 15.1 Å². The van der Waals surface area contributed by atoms with Crippen molar-refractivity contribution in [1.29, 1.82) is 0 Å². The van der Waals surface area contributed by atoms with Gasteiger partial charge in [0.2, 0.25) is 0 Å². The third-order valence-corrected chi connectivity index (χ3v) is 3.84. The molecule has 0 aromatic carbocycles. The number of fused-ring (bicyclic) bond motifs is 1. The van der Waals surface area contributed by atoms with E-state index in [1.165, 1.54) is 5.56 Å². The summed E-state index contributed by atoms with van der Waals surface area (Å²) in [4.78, 5) is 13.3. The van der Waals surface area contributed by atoms with Crippen molar-refractivity contribution in [2.75, 3.05) is 37.7 Å². The average Bonchev–Trinajstić information content (AvgIpc) is 2.38. The maximum Gasteiger partial charge on any atom is 0.192 e. The molecule has 94 valence electrons. The van der Waals surface area contributed by atoms with Crippen molar-refractivity contribution < 1.29 is 4.74 Å². The van der Waals surface area contributed by atoms with Crippen molar-refractivity contribution in [2.45, 2.75) is 13.0 Å². The predicted molar refractivity (Wildman–Crippen MR) is 77.6 cm³/mol. The average molecular weight is 356 g/mol. The van der Waals surface area contributed by atoms with Crippen LogP contribution in [0.1, 0.15) is 11.3 Å². The number of halogens is 1. The maximum atomic E-state index is 5.87. The first-order chi connectivity index (χ1) is 8.74. The molecule has 0 bridgehead atoms. The van der Waals surface area contributed by atoms with Gasteiger partial charge in [0.05, 0.1) is 18.9 Å². The minimum Gasteiger partial charge on any atom is -0.378 e. The smallest absolute Gasteiger partial charge is 0.192 e. The Morgan fingerprint density at radius 3 is 2.72 bits per heavy atom. The van der Waals surface area contributed by atoms with Gasteiger partial charge in [0.15, 0.2) is 11.8 Å². The molecule has 0 amide bonds. The maximum absolute atomic E-state index is 5.87. The van der Waals surface area contributed by atoms with Crippen LogP contribution in [0.25, 0.3) is 0 Å². The van der Waals surface area contributed by atoms with Gasteiger partial charge in [0.1, 0.15) is 5.82 Å². The quantitative estimate of drug-likeness (QED) is 0.413. The van der Waals surface area contributed by atoms with Crippen molar-refractivity contribution >= 4 is 36.4 Å². The Morgan fingerprint density at radius 1 is 1.17 bits per heavy atom. The second-order valence-electron chi connectivity index (χ2n) is 4.56. The van der Waals surface area contributed by atoms with E-state index in [0.29, 0.717) is 6.54 Å². The summed E-state index contributed by atoms with van der Waals surface area (Å²) in [6, 6.07) is 0. The minimum absolute atomic E-state index is 0.713. The van der Waals surface area contributed by atoms with E-state index in [4.69, 9.17) is 12.7 Å². The molecular weight excluding hydrogens is 342 g/mol. The van der Waals surface area contributed by atoms with Crippen LogP contribution in [0.15, 0.2) is 0 Å². The van der Waals surface area contributed by atoms with Gasteiger partial charge in [-0.3, -0.25) is 0 Å². The first kappa shape index (κ1) is 12.6. The highest BCUT2D eigenvalue weighted by molar-refractivity contribution is 14.1. The molecule has 1 aromatic rings. The number of anilines is 1. The van der Waals surface area contributed by atoms with Crippen molar-refractivity contribution in [1.82, 2.24) is 14.8 Å². The van der Waals surface area contributed by atoms with Crippen molar-refractivity contribution in [2.24, 2.45) is 0 Å². The normalized spacial score (nSPS) is 20.8. The van der Waals surface area contributed by atoms with E-state index >= 15 is 0 Å². The van der Waals surface area contributed by atoms with Crippen molar-refractivity contribution in [3.8, 4) is 0 Å². The lowest BCUT2D eigenvalue weighted by Gasteiger charge is -2.33. The van der Waals surface area contributed by atoms with Gasteiger partial charge in [-0.2, -0.15) is 0 Å². The summed E-state index contributed by atoms with van der Waals surface area (Å²) >= 11 is 2.18. The van der Waals surface area contributed by atoms with Crippen LogP contribution in [-0.2, 0) is 17.7 Å². The van der Waals surface area contributed by atoms with Gasteiger partial charge in [-0.25, -0.2) is 9.97 Å². The molecule has 5 nitrogen and oxygen atoms in total. The van der Waals surface area contributed by atoms with E-state index in [2.05, 4.69) is 37.5 Å². The second kappa shape index (κ2) is 5.30. The first-order valence-electron chi connectivity index (χ1n) is 6.11. The fourth-order valence-corrected chi connectivity index (χ4v) is 2.96. The molecule has 0 N–H and O–H groups in total. The molecule has 18 heavy (non-hydrogen) atoms. The molecule has 0 unspecified atom stereocenters. The Labute approximate surface area is 121 Å². The first-order valence-corrected chi connectivity index (χ1v) is 7.19. The van der Waals surface area contributed by atoms with Crippen LogP contribution in [0, 0.1) is 3.83 Å². The third kappa shape index (κ3) is 2.48. The third-order valence-electron chi connectivity index (χ3n) is 3.36. The number of hydrogen-bond acceptors (Lipinski definition) is 5. The molecule has 1 aromatic heterocycles. The number of ether oxygens (including phenoxy) is 1. The molecule has 0 atom stereocenters. The van der Waals surface area contributed by atoms with E-state index < -0.39 is 0 Å². The summed E-state index contributed by atoms with van der Waals surface area (Å²) in [5, 5.41) is 0. The van der Waals surface area contributed by atoms with Gasteiger partial charge in [-0.1, -0.05) is 0 Å². The van der Waals surface area contributed by atoms with Crippen LogP contribution >= 0.6 is 22.6 Å². The zero-order chi connectivity index (χ0) is 12.5. The Kier molecular flexibility index (Phi) is 3.72. The highest BCUT2D eigenvalue weighted by Crippen LogP contribution is 2.26. The minimum atomic E-state index is 0.713. The zero-order valence-electron chi connectivity index (χ0n) is 10.1. The SMILES string of the molecule is [B]N1CCc2c(nc(I)nc2N2CCOCC2)C1. The summed E-state index contributed by atoms with van der Waals surface area (Å²) in [6.07, 6.45) is 0.926. The van der Waals surface area contributed by atoms with Gasteiger partial charge in [0.25, 0.3) is 0 Å². The second-order valence-corrected chi connectivity index (χ2v) is 5.53. The fourth-order valence-electron chi connectivity index (χ4n) is 2.44. The lowest BCUT2D eigenvalue weighted by Crippen LogP contribution is -2.39. The molecule has 2 radical (unpaired) electrons. The van der Waals surface area contributed by atoms with Gasteiger partial charge in [-0.15, -0.1) is 0 Å². The molecule has 7 heteroatoms. The van der Waals surface area contributed by atoms with Gasteiger partial charge < -0.3 is 14.4 Å². The molecule has 2 aliphatic heterocycles. The molecule has 0 spiro atoms. The summed E-state index contributed by atoms with van der Waals surface area (Å²) in [5.41, 5.74) is 2.34. The summed E-state index contributed by atoms with van der Waals surface area (Å²) < 4.78 is 6.19. The van der Waals surface area contributed by atoms with E-state index in [-0.39, 0.29) is 0 Å². The predicted octanol–water partition coefficient (Wildman–Crippen LogP) is 0.359. The molecule has 3 rings (SSSR count). The number of morpholine rings is 1. The molecule has 2 aliphatic rings. The van der Waals surface area contributed by atoms with Crippen LogP contribution < -0.4 is 4.90 Å². The number of aromatic nitrogens is 2. The van der Waals surface area contributed by atoms with Gasteiger partial charge in [0, 0.05) is 47.8 Å².